The Kier molecular flexibility index (Phi) is 4.98. The Bertz CT molecular complexity index is 789. The third-order valence-corrected chi connectivity index (χ3v) is 7.56. The predicted octanol–water partition coefficient (Wildman–Crippen LogP) is 2.69. The van der Waals surface area contributed by atoms with Gasteiger partial charge in [0, 0.05) is 33.1 Å². The summed E-state index contributed by atoms with van der Waals surface area (Å²) in [5, 5.41) is 0. The van der Waals surface area contributed by atoms with E-state index < -0.39 is 0 Å². The van der Waals surface area contributed by atoms with E-state index in [2.05, 4.69) is 23.1 Å². The van der Waals surface area contributed by atoms with Gasteiger partial charge in [0.2, 0.25) is 5.91 Å². The molecule has 0 spiro atoms. The number of ether oxygens (including phenoxy) is 1. The van der Waals surface area contributed by atoms with Gasteiger partial charge in [0.1, 0.15) is 6.10 Å². The molecule has 0 aliphatic carbocycles. The highest BCUT2D eigenvalue weighted by Crippen LogP contribution is 2.41. The zero-order valence-corrected chi connectivity index (χ0v) is 17.3. The van der Waals surface area contributed by atoms with Crippen LogP contribution >= 0.6 is 0 Å². The molecule has 5 heterocycles. The van der Waals surface area contributed by atoms with Gasteiger partial charge in [0.25, 0.3) is 0 Å². The summed E-state index contributed by atoms with van der Waals surface area (Å²) in [4.78, 5) is 31.9. The lowest BCUT2D eigenvalue weighted by Gasteiger charge is -2.46. The zero-order chi connectivity index (χ0) is 20.0. The highest BCUT2D eigenvalue weighted by Gasteiger charge is 2.42. The van der Waals surface area contributed by atoms with Crippen molar-refractivity contribution in [2.75, 3.05) is 39.8 Å². The number of benzene rings is 1. The zero-order valence-electron chi connectivity index (χ0n) is 17.3. The molecule has 5 aliphatic rings. The van der Waals surface area contributed by atoms with Crippen molar-refractivity contribution in [3.05, 3.63) is 35.4 Å². The molecule has 6 heteroatoms. The molecule has 0 radical (unpaired) electrons. The first kappa shape index (κ1) is 18.9. The number of rotatable bonds is 2. The largest absolute Gasteiger partial charge is 0.444 e. The number of nitrogens with zero attached hydrogens (tertiary/aromatic N) is 3. The lowest BCUT2D eigenvalue weighted by atomic mass is 9.80. The van der Waals surface area contributed by atoms with E-state index in [1.807, 2.05) is 18.0 Å². The molecule has 0 aromatic heterocycles. The summed E-state index contributed by atoms with van der Waals surface area (Å²) in [7, 11) is 1.87. The van der Waals surface area contributed by atoms with Crippen LogP contribution in [0.15, 0.2) is 24.3 Å². The molecule has 2 bridgehead atoms. The molecule has 156 valence electrons. The van der Waals surface area contributed by atoms with Crippen LogP contribution in [0.2, 0.25) is 0 Å². The van der Waals surface area contributed by atoms with Crippen molar-refractivity contribution >= 4 is 12.0 Å². The van der Waals surface area contributed by atoms with Crippen molar-refractivity contribution in [1.82, 2.24) is 14.7 Å². The molecule has 2 amide bonds. The first-order valence-electron chi connectivity index (χ1n) is 11.1. The minimum Gasteiger partial charge on any atom is -0.444 e. The van der Waals surface area contributed by atoms with Crippen molar-refractivity contribution < 1.29 is 14.3 Å². The van der Waals surface area contributed by atoms with Crippen LogP contribution in [-0.2, 0) is 16.0 Å². The van der Waals surface area contributed by atoms with E-state index in [1.165, 1.54) is 11.1 Å². The molecule has 1 aromatic rings. The van der Waals surface area contributed by atoms with Gasteiger partial charge in [0.05, 0.1) is 6.04 Å². The van der Waals surface area contributed by atoms with Gasteiger partial charge < -0.3 is 14.5 Å². The molecular weight excluding hydrogens is 366 g/mol. The Balaban J connectivity index is 1.38. The van der Waals surface area contributed by atoms with Crippen LogP contribution in [0.25, 0.3) is 0 Å². The number of carbonyl (C=O) groups is 2. The quantitative estimate of drug-likeness (QED) is 0.770. The number of hydrogen-bond acceptors (Lipinski definition) is 4. The van der Waals surface area contributed by atoms with Crippen molar-refractivity contribution in [1.29, 1.82) is 0 Å². The third-order valence-electron chi connectivity index (χ3n) is 7.56. The minimum absolute atomic E-state index is 0.0157. The van der Waals surface area contributed by atoms with Crippen LogP contribution in [0, 0.1) is 11.8 Å². The van der Waals surface area contributed by atoms with Gasteiger partial charge in [-0.05, 0) is 61.7 Å². The normalized spacial score (nSPS) is 34.1. The van der Waals surface area contributed by atoms with Gasteiger partial charge in [-0.15, -0.1) is 0 Å². The molecule has 1 aromatic carbocycles. The molecule has 0 N–H and O–H groups in total. The van der Waals surface area contributed by atoms with Gasteiger partial charge in [-0.2, -0.15) is 0 Å². The number of amides is 2. The molecule has 4 saturated heterocycles. The maximum absolute atomic E-state index is 13.3. The van der Waals surface area contributed by atoms with E-state index in [0.29, 0.717) is 18.9 Å². The Morgan fingerprint density at radius 1 is 1.03 bits per heavy atom. The molecule has 2 unspecified atom stereocenters. The second-order valence-corrected chi connectivity index (χ2v) is 9.22. The summed E-state index contributed by atoms with van der Waals surface area (Å²) in [5.41, 5.74) is 2.50. The monoisotopic (exact) mass is 397 g/mol. The van der Waals surface area contributed by atoms with Gasteiger partial charge in [-0.3, -0.25) is 9.69 Å². The van der Waals surface area contributed by atoms with Crippen LogP contribution in [0.3, 0.4) is 0 Å². The SMILES string of the molecule is CN1CCC(C2c3ccccc3CCN2C(=O)O[C@@H]2CN3CCC2CC3)CC1=O. The standard InChI is InChI=1S/C23H31N3O3/c1-24-10-6-18(14-21(24)27)22-19-5-3-2-4-16(19)9-13-26(22)23(28)29-20-15-25-11-7-17(20)8-12-25/h2-5,17-18,20,22H,6-15H2,1H3/t18?,20-,22?/m1/s1. The summed E-state index contributed by atoms with van der Waals surface area (Å²) in [6.07, 6.45) is 4.37. The third kappa shape index (κ3) is 3.52. The number of likely N-dealkylation sites (tertiary alicyclic amines) is 1. The minimum atomic E-state index is -0.186. The Hall–Kier alpha value is -2.08. The fraction of sp³-hybridized carbons (Fsp3) is 0.652. The number of fused-ring (bicyclic) bond motifs is 4. The fourth-order valence-corrected chi connectivity index (χ4v) is 5.79. The topological polar surface area (TPSA) is 53.1 Å². The average molecular weight is 398 g/mol. The lowest BCUT2D eigenvalue weighted by Crippen LogP contribution is -2.54. The Morgan fingerprint density at radius 3 is 2.52 bits per heavy atom. The van der Waals surface area contributed by atoms with E-state index in [9.17, 15) is 9.59 Å². The Morgan fingerprint density at radius 2 is 1.79 bits per heavy atom. The highest BCUT2D eigenvalue weighted by atomic mass is 16.6. The first-order valence-corrected chi connectivity index (χ1v) is 11.1. The molecule has 6 rings (SSSR count). The summed E-state index contributed by atoms with van der Waals surface area (Å²) in [6, 6.07) is 8.35. The second-order valence-electron chi connectivity index (χ2n) is 9.22. The highest BCUT2D eigenvalue weighted by molar-refractivity contribution is 5.77. The fourth-order valence-electron chi connectivity index (χ4n) is 5.79. The van der Waals surface area contributed by atoms with Gasteiger partial charge in [-0.1, -0.05) is 24.3 Å². The van der Waals surface area contributed by atoms with E-state index in [1.54, 1.807) is 4.90 Å². The van der Waals surface area contributed by atoms with Crippen LogP contribution in [0.4, 0.5) is 4.79 Å². The molecule has 6 nitrogen and oxygen atoms in total. The molecule has 0 saturated carbocycles. The number of hydrogen-bond donors (Lipinski definition) is 0. The van der Waals surface area contributed by atoms with Crippen LogP contribution in [-0.4, -0.2) is 72.6 Å². The van der Waals surface area contributed by atoms with Crippen molar-refractivity contribution in [2.24, 2.45) is 11.8 Å². The molecular formula is C23H31N3O3. The van der Waals surface area contributed by atoms with E-state index in [4.69, 9.17) is 4.74 Å². The number of carbonyl (C=O) groups excluding carboxylic acids is 2. The molecule has 3 atom stereocenters. The summed E-state index contributed by atoms with van der Waals surface area (Å²) in [5.74, 6) is 0.832. The van der Waals surface area contributed by atoms with E-state index in [0.717, 1.165) is 51.9 Å². The summed E-state index contributed by atoms with van der Waals surface area (Å²) >= 11 is 0. The van der Waals surface area contributed by atoms with Crippen molar-refractivity contribution in [3.63, 3.8) is 0 Å². The van der Waals surface area contributed by atoms with Gasteiger partial charge in [0.15, 0.2) is 0 Å². The van der Waals surface area contributed by atoms with Crippen LogP contribution in [0.5, 0.6) is 0 Å². The Labute approximate surface area is 172 Å². The average Bonchev–Trinajstić information content (AvgIpc) is 2.76. The first-order chi connectivity index (χ1) is 14.1. The van der Waals surface area contributed by atoms with Crippen molar-refractivity contribution in [2.45, 2.75) is 44.2 Å². The maximum Gasteiger partial charge on any atom is 0.410 e. The van der Waals surface area contributed by atoms with Crippen LogP contribution < -0.4 is 0 Å². The van der Waals surface area contributed by atoms with Crippen molar-refractivity contribution in [3.8, 4) is 0 Å². The predicted molar refractivity (Wildman–Crippen MR) is 109 cm³/mol. The van der Waals surface area contributed by atoms with Gasteiger partial charge in [-0.25, -0.2) is 4.79 Å². The van der Waals surface area contributed by atoms with Gasteiger partial charge >= 0.3 is 6.09 Å². The van der Waals surface area contributed by atoms with E-state index in [-0.39, 0.29) is 30.1 Å². The molecule has 5 aliphatic heterocycles. The van der Waals surface area contributed by atoms with Crippen LogP contribution in [0.1, 0.15) is 42.9 Å². The number of piperidine rings is 4. The lowest BCUT2D eigenvalue weighted by molar-refractivity contribution is -0.134. The molecule has 4 fully saturated rings. The summed E-state index contributed by atoms with van der Waals surface area (Å²) in [6.45, 7) is 4.57. The van der Waals surface area contributed by atoms with E-state index >= 15 is 0 Å². The maximum atomic E-state index is 13.3. The smallest absolute Gasteiger partial charge is 0.410 e. The summed E-state index contributed by atoms with van der Waals surface area (Å²) < 4.78 is 6.10. The second kappa shape index (κ2) is 7.63. The molecule has 29 heavy (non-hydrogen) atoms.